The molecule has 0 fully saturated rings. The normalized spacial score (nSPS) is 11.7. The summed E-state index contributed by atoms with van der Waals surface area (Å²) in [4.78, 5) is 0. The van der Waals surface area contributed by atoms with Gasteiger partial charge in [-0.25, -0.2) is 0 Å². The summed E-state index contributed by atoms with van der Waals surface area (Å²) in [5.74, 6) is 0. The second-order valence-electron chi connectivity index (χ2n) is 3.30. The molecule has 0 aliphatic rings. The van der Waals surface area contributed by atoms with Crippen LogP contribution in [0.5, 0.6) is 0 Å². The molecule has 1 aromatic heterocycles. The Kier molecular flexibility index (Phi) is 3.63. The summed E-state index contributed by atoms with van der Waals surface area (Å²) in [6.07, 6.45) is 0. The summed E-state index contributed by atoms with van der Waals surface area (Å²) in [6.45, 7) is 4.72. The zero-order chi connectivity index (χ0) is 9.90. The van der Waals surface area contributed by atoms with Gasteiger partial charge < -0.3 is 10.1 Å². The number of hydrogen-bond acceptors (Lipinski definition) is 5. The highest BCUT2D eigenvalue weighted by Gasteiger charge is 2.18. The molecule has 1 aromatic rings. The van der Waals surface area contributed by atoms with Crippen molar-refractivity contribution in [1.82, 2.24) is 10.2 Å². The van der Waals surface area contributed by atoms with Crippen molar-refractivity contribution >= 4 is 32.4 Å². The first-order chi connectivity index (χ1) is 6.03. The molecule has 0 aromatic carbocycles. The van der Waals surface area contributed by atoms with Gasteiger partial charge in [-0.15, -0.1) is 10.2 Å². The van der Waals surface area contributed by atoms with Crippen molar-refractivity contribution < 1.29 is 4.74 Å². The minimum absolute atomic E-state index is 0.117. The summed E-state index contributed by atoms with van der Waals surface area (Å²) >= 11 is 4.72. The summed E-state index contributed by atoms with van der Waals surface area (Å²) in [5, 5.41) is 11.8. The molecule has 6 heteroatoms. The highest BCUT2D eigenvalue weighted by molar-refractivity contribution is 9.11. The van der Waals surface area contributed by atoms with Crippen molar-refractivity contribution in [3.63, 3.8) is 0 Å². The van der Waals surface area contributed by atoms with Crippen molar-refractivity contribution in [1.29, 1.82) is 0 Å². The molecule has 1 N–H and O–H groups in total. The molecule has 0 bridgehead atoms. The van der Waals surface area contributed by atoms with Gasteiger partial charge in [0, 0.05) is 7.11 Å². The zero-order valence-corrected chi connectivity index (χ0v) is 10.2. The molecular weight excluding hydrogens is 254 g/mol. The molecule has 0 atom stereocenters. The van der Waals surface area contributed by atoms with Crippen LogP contribution in [0.3, 0.4) is 0 Å². The van der Waals surface area contributed by atoms with Crippen molar-refractivity contribution in [3.05, 3.63) is 3.92 Å². The fraction of sp³-hybridized carbons (Fsp3) is 0.714. The molecule has 1 rings (SSSR count). The second-order valence-corrected chi connectivity index (χ2v) is 5.56. The fourth-order valence-electron chi connectivity index (χ4n) is 0.942. The van der Waals surface area contributed by atoms with E-state index >= 15 is 0 Å². The first-order valence-corrected chi connectivity index (χ1v) is 5.40. The zero-order valence-electron chi connectivity index (χ0n) is 7.80. The summed E-state index contributed by atoms with van der Waals surface area (Å²) in [7, 11) is 1.68. The van der Waals surface area contributed by atoms with Crippen LogP contribution in [0.1, 0.15) is 13.8 Å². The maximum absolute atomic E-state index is 5.07. The third-order valence-electron chi connectivity index (χ3n) is 1.35. The Morgan fingerprint density at radius 3 is 2.69 bits per heavy atom. The Morgan fingerprint density at radius 1 is 1.54 bits per heavy atom. The Bertz CT molecular complexity index is 276. The number of nitrogens with one attached hydrogen (secondary N) is 1. The van der Waals surface area contributed by atoms with Gasteiger partial charge in [0.2, 0.25) is 5.13 Å². The maximum atomic E-state index is 5.07. The lowest BCUT2D eigenvalue weighted by Crippen LogP contribution is -2.35. The van der Waals surface area contributed by atoms with Crippen molar-refractivity contribution in [2.24, 2.45) is 0 Å². The topological polar surface area (TPSA) is 47.0 Å². The molecule has 0 spiro atoms. The van der Waals surface area contributed by atoms with Crippen LogP contribution >= 0.6 is 27.3 Å². The third kappa shape index (κ3) is 3.58. The van der Waals surface area contributed by atoms with Gasteiger partial charge in [-0.2, -0.15) is 0 Å². The molecule has 13 heavy (non-hydrogen) atoms. The molecule has 0 aliphatic heterocycles. The minimum Gasteiger partial charge on any atom is -0.382 e. The number of halogens is 1. The predicted molar refractivity (Wildman–Crippen MR) is 57.2 cm³/mol. The van der Waals surface area contributed by atoms with E-state index in [-0.39, 0.29) is 5.54 Å². The van der Waals surface area contributed by atoms with E-state index in [0.717, 1.165) is 9.05 Å². The van der Waals surface area contributed by atoms with Crippen LogP contribution < -0.4 is 5.32 Å². The number of methoxy groups -OCH3 is 1. The van der Waals surface area contributed by atoms with Gasteiger partial charge in [0.05, 0.1) is 12.1 Å². The Balaban J connectivity index is 2.57. The number of rotatable bonds is 4. The van der Waals surface area contributed by atoms with Crippen molar-refractivity contribution in [2.45, 2.75) is 19.4 Å². The quantitative estimate of drug-likeness (QED) is 0.907. The maximum Gasteiger partial charge on any atom is 0.206 e. The van der Waals surface area contributed by atoms with Crippen LogP contribution in [-0.2, 0) is 4.74 Å². The molecule has 4 nitrogen and oxygen atoms in total. The largest absolute Gasteiger partial charge is 0.382 e. The monoisotopic (exact) mass is 265 g/mol. The summed E-state index contributed by atoms with van der Waals surface area (Å²) in [5.41, 5.74) is -0.117. The summed E-state index contributed by atoms with van der Waals surface area (Å²) in [6, 6.07) is 0. The Morgan fingerprint density at radius 2 is 2.23 bits per heavy atom. The molecule has 0 radical (unpaired) electrons. The van der Waals surface area contributed by atoms with Gasteiger partial charge >= 0.3 is 0 Å². The number of aromatic nitrogens is 2. The molecule has 0 aliphatic carbocycles. The molecule has 0 saturated carbocycles. The SMILES string of the molecule is COCC(C)(C)Nc1nnc(Br)s1. The number of ether oxygens (including phenoxy) is 1. The average Bonchev–Trinajstić information content (AvgIpc) is 2.34. The van der Waals surface area contributed by atoms with Gasteiger partial charge in [0.15, 0.2) is 3.92 Å². The fourth-order valence-corrected chi connectivity index (χ4v) is 2.13. The van der Waals surface area contributed by atoms with Gasteiger partial charge in [-0.05, 0) is 29.8 Å². The molecule has 74 valence electrons. The Hall–Kier alpha value is -0.200. The average molecular weight is 266 g/mol. The second kappa shape index (κ2) is 4.34. The molecule has 0 saturated heterocycles. The lowest BCUT2D eigenvalue weighted by Gasteiger charge is -2.24. The first kappa shape index (κ1) is 10.9. The molecule has 0 amide bonds. The number of hydrogen-bond donors (Lipinski definition) is 1. The van der Waals surface area contributed by atoms with E-state index < -0.39 is 0 Å². The van der Waals surface area contributed by atoms with Gasteiger partial charge in [-0.3, -0.25) is 0 Å². The molecule has 1 heterocycles. The summed E-state index contributed by atoms with van der Waals surface area (Å²) < 4.78 is 5.85. The third-order valence-corrected chi connectivity index (χ3v) is 2.62. The highest BCUT2D eigenvalue weighted by atomic mass is 79.9. The molecule has 0 unspecified atom stereocenters. The van der Waals surface area contributed by atoms with Crippen LogP contribution in [0.15, 0.2) is 3.92 Å². The van der Waals surface area contributed by atoms with E-state index in [1.54, 1.807) is 7.11 Å². The van der Waals surface area contributed by atoms with E-state index in [1.165, 1.54) is 11.3 Å². The minimum atomic E-state index is -0.117. The van der Waals surface area contributed by atoms with Crippen molar-refractivity contribution in [2.75, 3.05) is 19.0 Å². The molecular formula is C7H12BrN3OS. The predicted octanol–water partition coefficient (Wildman–Crippen LogP) is 2.14. The standard InChI is InChI=1S/C7H12BrN3OS/c1-7(2,4-12-3)9-6-11-10-5(8)13-6/h4H2,1-3H3,(H,9,11). The number of nitrogens with zero attached hydrogens (tertiary/aromatic N) is 2. The van der Waals surface area contributed by atoms with Crippen molar-refractivity contribution in [3.8, 4) is 0 Å². The van der Waals surface area contributed by atoms with Crippen LogP contribution in [0.2, 0.25) is 0 Å². The number of anilines is 1. The van der Waals surface area contributed by atoms with E-state index in [4.69, 9.17) is 4.74 Å². The van der Waals surface area contributed by atoms with E-state index in [9.17, 15) is 0 Å². The lowest BCUT2D eigenvalue weighted by atomic mass is 10.1. The highest BCUT2D eigenvalue weighted by Crippen LogP contribution is 2.23. The van der Waals surface area contributed by atoms with Crippen LogP contribution in [0.4, 0.5) is 5.13 Å². The van der Waals surface area contributed by atoms with Gasteiger partial charge in [0.1, 0.15) is 0 Å². The van der Waals surface area contributed by atoms with Crippen LogP contribution in [0.25, 0.3) is 0 Å². The lowest BCUT2D eigenvalue weighted by molar-refractivity contribution is 0.158. The van der Waals surface area contributed by atoms with Crippen LogP contribution in [0, 0.1) is 0 Å². The Labute approximate surface area is 89.8 Å². The van der Waals surface area contributed by atoms with Crippen LogP contribution in [-0.4, -0.2) is 29.5 Å². The van der Waals surface area contributed by atoms with Gasteiger partial charge in [0.25, 0.3) is 0 Å². The van der Waals surface area contributed by atoms with E-state index in [0.29, 0.717) is 6.61 Å². The smallest absolute Gasteiger partial charge is 0.206 e. The van der Waals surface area contributed by atoms with Gasteiger partial charge in [-0.1, -0.05) is 11.3 Å². The first-order valence-electron chi connectivity index (χ1n) is 3.79. The van der Waals surface area contributed by atoms with E-state index in [2.05, 4.69) is 31.4 Å². The van der Waals surface area contributed by atoms with E-state index in [1.807, 2.05) is 13.8 Å².